The third kappa shape index (κ3) is 2.28. The quantitative estimate of drug-likeness (QED) is 0.675. The Morgan fingerprint density at radius 3 is 2.64 bits per heavy atom. The van der Waals surface area contributed by atoms with Crippen LogP contribution in [0.3, 0.4) is 0 Å². The third-order valence-corrected chi connectivity index (χ3v) is 4.16. The van der Waals surface area contributed by atoms with Crippen molar-refractivity contribution in [3.63, 3.8) is 0 Å². The summed E-state index contributed by atoms with van der Waals surface area (Å²) in [5.74, 6) is -2.48. The summed E-state index contributed by atoms with van der Waals surface area (Å²) in [4.78, 5) is 35.8. The van der Waals surface area contributed by atoms with Crippen LogP contribution in [0.1, 0.15) is 39.1 Å². The third-order valence-electron chi connectivity index (χ3n) is 4.16. The van der Waals surface area contributed by atoms with Crippen LogP contribution >= 0.6 is 0 Å². The summed E-state index contributed by atoms with van der Waals surface area (Å²) in [5.41, 5.74) is -0.168. The minimum absolute atomic E-state index is 0.155. The predicted octanol–water partition coefficient (Wildman–Crippen LogP) is -0.0618. The Hall–Kier alpha value is -2.25. The molecule has 1 unspecified atom stereocenters. The van der Waals surface area contributed by atoms with Crippen molar-refractivity contribution >= 4 is 17.8 Å². The van der Waals surface area contributed by atoms with Crippen LogP contribution in [0.4, 0.5) is 0 Å². The lowest BCUT2D eigenvalue weighted by molar-refractivity contribution is -0.137. The smallest absolute Gasteiger partial charge is 0.323 e. The summed E-state index contributed by atoms with van der Waals surface area (Å²) < 4.78 is 0. The number of benzene rings is 1. The molecule has 1 aromatic rings. The van der Waals surface area contributed by atoms with E-state index in [2.05, 4.69) is 5.32 Å². The Labute approximate surface area is 126 Å². The van der Waals surface area contributed by atoms with E-state index < -0.39 is 29.9 Å². The Balaban J connectivity index is 1.96. The zero-order valence-electron chi connectivity index (χ0n) is 11.8. The standard InChI is InChI=1S/C15H16N2O5/c18-12(19)7-17-13(20)10-3-2-9(6-11(10)14(17)21)15(22)4-1-5-16-8-15/h2-3,6,16,22H,1,4-5,7-8H2,(H,18,19). The molecule has 116 valence electrons. The van der Waals surface area contributed by atoms with Crippen LogP contribution in [0.2, 0.25) is 0 Å². The highest BCUT2D eigenvalue weighted by molar-refractivity contribution is 6.22. The van der Waals surface area contributed by atoms with Gasteiger partial charge in [-0.3, -0.25) is 19.3 Å². The molecule has 0 radical (unpaired) electrons. The number of imide groups is 1. The fraction of sp³-hybridized carbons (Fsp3) is 0.400. The summed E-state index contributed by atoms with van der Waals surface area (Å²) >= 11 is 0. The number of nitrogens with one attached hydrogen (secondary N) is 1. The first kappa shape index (κ1) is 14.7. The number of β-amino-alcohol motifs (C(OH)–C–C–N with tert-alkyl or cyclic N) is 1. The fourth-order valence-corrected chi connectivity index (χ4v) is 2.99. The van der Waals surface area contributed by atoms with Crippen molar-refractivity contribution in [3.8, 4) is 0 Å². The van der Waals surface area contributed by atoms with E-state index in [0.29, 0.717) is 23.4 Å². The fourth-order valence-electron chi connectivity index (χ4n) is 2.99. The van der Waals surface area contributed by atoms with E-state index in [1.54, 1.807) is 6.07 Å². The van der Waals surface area contributed by atoms with E-state index >= 15 is 0 Å². The number of carboxylic acids is 1. The number of aliphatic carboxylic acids is 1. The zero-order chi connectivity index (χ0) is 15.9. The van der Waals surface area contributed by atoms with Crippen LogP contribution in [0.25, 0.3) is 0 Å². The van der Waals surface area contributed by atoms with Gasteiger partial charge in [0, 0.05) is 6.54 Å². The van der Waals surface area contributed by atoms with Crippen LogP contribution in [-0.4, -0.2) is 52.5 Å². The zero-order valence-corrected chi connectivity index (χ0v) is 11.8. The lowest BCUT2D eigenvalue weighted by Gasteiger charge is -2.33. The highest BCUT2D eigenvalue weighted by Gasteiger charge is 2.39. The van der Waals surface area contributed by atoms with Crippen LogP contribution < -0.4 is 5.32 Å². The first-order chi connectivity index (χ1) is 10.4. The molecular weight excluding hydrogens is 288 g/mol. The number of carboxylic acid groups (broad SMARTS) is 1. The molecule has 1 aromatic carbocycles. The predicted molar refractivity (Wildman–Crippen MR) is 75.4 cm³/mol. The first-order valence-corrected chi connectivity index (χ1v) is 7.08. The van der Waals surface area contributed by atoms with E-state index in [4.69, 9.17) is 5.11 Å². The van der Waals surface area contributed by atoms with E-state index in [-0.39, 0.29) is 11.1 Å². The topological polar surface area (TPSA) is 107 Å². The van der Waals surface area contributed by atoms with Gasteiger partial charge in [0.05, 0.1) is 11.1 Å². The minimum atomic E-state index is -1.25. The molecule has 0 aromatic heterocycles. The molecule has 1 atom stereocenters. The largest absolute Gasteiger partial charge is 0.480 e. The van der Waals surface area contributed by atoms with Crippen molar-refractivity contribution in [1.82, 2.24) is 10.2 Å². The normalized spacial score (nSPS) is 24.5. The molecule has 1 fully saturated rings. The molecule has 2 aliphatic rings. The lowest BCUT2D eigenvalue weighted by Crippen LogP contribution is -2.43. The Kier molecular flexibility index (Phi) is 3.46. The maximum absolute atomic E-state index is 12.2. The average molecular weight is 304 g/mol. The van der Waals surface area contributed by atoms with Crippen LogP contribution in [0, 0.1) is 0 Å². The second-order valence-electron chi connectivity index (χ2n) is 5.66. The van der Waals surface area contributed by atoms with Gasteiger partial charge in [-0.05, 0) is 37.1 Å². The van der Waals surface area contributed by atoms with Gasteiger partial charge in [0.25, 0.3) is 11.8 Å². The van der Waals surface area contributed by atoms with Gasteiger partial charge in [0.15, 0.2) is 0 Å². The van der Waals surface area contributed by atoms with Crippen LogP contribution in [0.15, 0.2) is 18.2 Å². The maximum atomic E-state index is 12.2. The average Bonchev–Trinajstić information content (AvgIpc) is 2.72. The number of hydrogen-bond donors (Lipinski definition) is 3. The molecule has 7 heteroatoms. The number of piperidine rings is 1. The second-order valence-corrected chi connectivity index (χ2v) is 5.66. The van der Waals surface area contributed by atoms with Gasteiger partial charge in [-0.15, -0.1) is 0 Å². The highest BCUT2D eigenvalue weighted by Crippen LogP contribution is 2.32. The SMILES string of the molecule is O=C(O)CN1C(=O)c2ccc(C3(O)CCCNC3)cc2C1=O. The number of fused-ring (bicyclic) bond motifs is 1. The number of carbonyl (C=O) groups is 3. The molecule has 3 rings (SSSR count). The van der Waals surface area contributed by atoms with Gasteiger partial charge in [0.1, 0.15) is 12.1 Å². The highest BCUT2D eigenvalue weighted by atomic mass is 16.4. The first-order valence-electron chi connectivity index (χ1n) is 7.08. The molecule has 22 heavy (non-hydrogen) atoms. The van der Waals surface area contributed by atoms with Gasteiger partial charge in [0.2, 0.25) is 0 Å². The van der Waals surface area contributed by atoms with Gasteiger partial charge in [-0.25, -0.2) is 0 Å². The van der Waals surface area contributed by atoms with Gasteiger partial charge < -0.3 is 15.5 Å². The monoisotopic (exact) mass is 304 g/mol. The molecular formula is C15H16N2O5. The molecule has 0 spiro atoms. The number of rotatable bonds is 3. The summed E-state index contributed by atoms with van der Waals surface area (Å²) in [6.07, 6.45) is 1.38. The molecule has 0 bridgehead atoms. The molecule has 0 aliphatic carbocycles. The van der Waals surface area contributed by atoms with Crippen LogP contribution in [-0.2, 0) is 10.4 Å². The summed E-state index contributed by atoms with van der Waals surface area (Å²) in [5, 5.41) is 22.6. The summed E-state index contributed by atoms with van der Waals surface area (Å²) in [6.45, 7) is 0.553. The van der Waals surface area contributed by atoms with E-state index in [1.165, 1.54) is 12.1 Å². The Bertz CT molecular complexity index is 664. The number of hydrogen-bond acceptors (Lipinski definition) is 5. The molecule has 2 heterocycles. The number of amides is 2. The molecule has 2 amide bonds. The van der Waals surface area contributed by atoms with Crippen molar-refractivity contribution < 1.29 is 24.6 Å². The number of carbonyl (C=O) groups excluding carboxylic acids is 2. The maximum Gasteiger partial charge on any atom is 0.323 e. The van der Waals surface area contributed by atoms with E-state index in [0.717, 1.165) is 13.0 Å². The minimum Gasteiger partial charge on any atom is -0.480 e. The van der Waals surface area contributed by atoms with Crippen molar-refractivity contribution in [2.24, 2.45) is 0 Å². The molecule has 1 saturated heterocycles. The van der Waals surface area contributed by atoms with Crippen molar-refractivity contribution in [3.05, 3.63) is 34.9 Å². The van der Waals surface area contributed by atoms with Gasteiger partial charge in [-0.2, -0.15) is 0 Å². The summed E-state index contributed by atoms with van der Waals surface area (Å²) in [7, 11) is 0. The summed E-state index contributed by atoms with van der Waals surface area (Å²) in [6, 6.07) is 4.62. The van der Waals surface area contributed by atoms with Crippen molar-refractivity contribution in [2.75, 3.05) is 19.6 Å². The van der Waals surface area contributed by atoms with Gasteiger partial charge in [-0.1, -0.05) is 6.07 Å². The lowest BCUT2D eigenvalue weighted by atomic mass is 9.85. The van der Waals surface area contributed by atoms with Crippen molar-refractivity contribution in [2.45, 2.75) is 18.4 Å². The molecule has 0 saturated carbocycles. The molecule has 2 aliphatic heterocycles. The van der Waals surface area contributed by atoms with Crippen molar-refractivity contribution in [1.29, 1.82) is 0 Å². The second kappa shape index (κ2) is 5.19. The number of aliphatic hydroxyl groups is 1. The van der Waals surface area contributed by atoms with Gasteiger partial charge >= 0.3 is 5.97 Å². The molecule has 7 nitrogen and oxygen atoms in total. The van der Waals surface area contributed by atoms with Crippen LogP contribution in [0.5, 0.6) is 0 Å². The number of nitrogens with zero attached hydrogens (tertiary/aromatic N) is 1. The molecule has 3 N–H and O–H groups in total. The van der Waals surface area contributed by atoms with E-state index in [1.807, 2.05) is 0 Å². The Morgan fingerprint density at radius 2 is 2.00 bits per heavy atom. The van der Waals surface area contributed by atoms with E-state index in [9.17, 15) is 19.5 Å². The Morgan fingerprint density at radius 1 is 1.27 bits per heavy atom.